The van der Waals surface area contributed by atoms with Gasteiger partial charge in [-0.05, 0) is 12.3 Å². The molecule has 0 aliphatic carbocycles. The van der Waals surface area contributed by atoms with Crippen molar-refractivity contribution in [3.63, 3.8) is 0 Å². The minimum Gasteiger partial charge on any atom is -0.392 e. The molecule has 0 unspecified atom stereocenters. The van der Waals surface area contributed by atoms with Crippen molar-refractivity contribution in [2.45, 2.75) is 45.8 Å². The Morgan fingerprint density at radius 3 is 2.36 bits per heavy atom. The molecule has 0 saturated carbocycles. The van der Waals surface area contributed by atoms with Crippen LogP contribution in [0.15, 0.2) is 12.7 Å². The van der Waals surface area contributed by atoms with Crippen molar-refractivity contribution in [2.24, 2.45) is 11.8 Å². The number of aliphatic hydroxyl groups excluding tert-OH is 1. The number of rotatable bonds is 7. The van der Waals surface area contributed by atoms with Gasteiger partial charge in [-0.15, -0.1) is 6.58 Å². The molecular formula is C12H24O2. The Balaban J connectivity index is 4.28. The Kier molecular flexibility index (Phi) is 6.85. The van der Waals surface area contributed by atoms with Crippen LogP contribution >= 0.6 is 0 Å². The Hall–Kier alpha value is -0.340. The maximum Gasteiger partial charge on any atom is 0.0647 e. The zero-order valence-electron chi connectivity index (χ0n) is 9.86. The fourth-order valence-corrected chi connectivity index (χ4v) is 1.80. The first-order chi connectivity index (χ1) is 6.58. The van der Waals surface area contributed by atoms with E-state index in [0.29, 0.717) is 12.3 Å². The van der Waals surface area contributed by atoms with Crippen LogP contribution in [-0.2, 0) is 4.74 Å². The Bertz CT molecular complexity index is 156. The smallest absolute Gasteiger partial charge is 0.0647 e. The van der Waals surface area contributed by atoms with Gasteiger partial charge in [0, 0.05) is 13.0 Å². The highest BCUT2D eigenvalue weighted by atomic mass is 16.5. The molecule has 0 spiro atoms. The van der Waals surface area contributed by atoms with Crippen LogP contribution in [-0.4, -0.2) is 24.4 Å². The summed E-state index contributed by atoms with van der Waals surface area (Å²) in [6.45, 7) is 9.97. The third-order valence-electron chi connectivity index (χ3n) is 3.01. The van der Waals surface area contributed by atoms with Gasteiger partial charge in [-0.1, -0.05) is 33.3 Å². The van der Waals surface area contributed by atoms with Crippen LogP contribution in [0.1, 0.15) is 33.6 Å². The second-order valence-corrected chi connectivity index (χ2v) is 4.04. The van der Waals surface area contributed by atoms with Crippen LogP contribution in [0, 0.1) is 11.8 Å². The van der Waals surface area contributed by atoms with Gasteiger partial charge in [0.05, 0.1) is 12.2 Å². The molecule has 84 valence electrons. The highest BCUT2D eigenvalue weighted by Gasteiger charge is 2.27. The minimum absolute atomic E-state index is 0.134. The molecule has 0 aromatic carbocycles. The molecule has 0 aromatic rings. The van der Waals surface area contributed by atoms with Crippen molar-refractivity contribution >= 4 is 0 Å². The second kappa shape index (κ2) is 7.02. The zero-order chi connectivity index (χ0) is 11.1. The van der Waals surface area contributed by atoms with Crippen molar-refractivity contribution < 1.29 is 9.84 Å². The first-order valence-electron chi connectivity index (χ1n) is 5.40. The van der Waals surface area contributed by atoms with Crippen LogP contribution in [0.4, 0.5) is 0 Å². The summed E-state index contributed by atoms with van der Waals surface area (Å²) in [5, 5.41) is 9.81. The normalized spacial score (nSPS) is 19.8. The molecule has 0 amide bonds. The van der Waals surface area contributed by atoms with Crippen LogP contribution in [0.5, 0.6) is 0 Å². The Morgan fingerprint density at radius 1 is 1.43 bits per heavy atom. The van der Waals surface area contributed by atoms with Crippen LogP contribution in [0.2, 0.25) is 0 Å². The quantitative estimate of drug-likeness (QED) is 0.640. The standard InChI is InChI=1S/C12H24O2/c1-6-8-11(13)10(4)12(14-5)9(3)7-2/h6,9-13H,1,7-8H2,2-5H3/t9-,10-,11+,12+/m0/s1. The van der Waals surface area contributed by atoms with E-state index < -0.39 is 0 Å². The number of ether oxygens (including phenoxy) is 1. The van der Waals surface area contributed by atoms with E-state index in [1.807, 2.05) is 6.92 Å². The fraction of sp³-hybridized carbons (Fsp3) is 0.833. The van der Waals surface area contributed by atoms with Crippen molar-refractivity contribution in [1.29, 1.82) is 0 Å². The SMILES string of the molecule is C=CC[C@@H](O)[C@H](C)[C@H](OC)[C@@H](C)CC. The lowest BCUT2D eigenvalue weighted by Crippen LogP contribution is -2.35. The van der Waals surface area contributed by atoms with Crippen molar-refractivity contribution in [3.8, 4) is 0 Å². The van der Waals surface area contributed by atoms with Gasteiger partial charge in [0.15, 0.2) is 0 Å². The lowest BCUT2D eigenvalue weighted by atomic mass is 9.86. The molecule has 2 nitrogen and oxygen atoms in total. The summed E-state index contributed by atoms with van der Waals surface area (Å²) in [5.41, 5.74) is 0. The van der Waals surface area contributed by atoms with Crippen molar-refractivity contribution in [2.75, 3.05) is 7.11 Å². The molecule has 2 heteroatoms. The molecule has 0 bridgehead atoms. The van der Waals surface area contributed by atoms with Crippen LogP contribution in [0.25, 0.3) is 0 Å². The monoisotopic (exact) mass is 200 g/mol. The molecule has 0 radical (unpaired) electrons. The first-order valence-corrected chi connectivity index (χ1v) is 5.40. The van der Waals surface area contributed by atoms with E-state index in [4.69, 9.17) is 4.74 Å². The zero-order valence-corrected chi connectivity index (χ0v) is 9.86. The van der Waals surface area contributed by atoms with E-state index in [2.05, 4.69) is 20.4 Å². The molecule has 1 N–H and O–H groups in total. The number of hydrogen-bond donors (Lipinski definition) is 1. The minimum atomic E-state index is -0.341. The summed E-state index contributed by atoms with van der Waals surface area (Å²) < 4.78 is 5.44. The average Bonchev–Trinajstić information content (AvgIpc) is 2.18. The molecule has 0 aliphatic rings. The van der Waals surface area contributed by atoms with Gasteiger partial charge in [-0.2, -0.15) is 0 Å². The Labute approximate surface area is 88.0 Å². The molecule has 0 fully saturated rings. The summed E-state index contributed by atoms with van der Waals surface area (Å²) >= 11 is 0. The predicted octanol–water partition coefficient (Wildman–Crippen LogP) is 2.62. The second-order valence-electron chi connectivity index (χ2n) is 4.04. The number of hydrogen-bond acceptors (Lipinski definition) is 2. The third kappa shape index (κ3) is 3.81. The van der Waals surface area contributed by atoms with E-state index in [-0.39, 0.29) is 18.1 Å². The number of methoxy groups -OCH3 is 1. The van der Waals surface area contributed by atoms with Gasteiger partial charge in [-0.3, -0.25) is 0 Å². The summed E-state index contributed by atoms with van der Waals surface area (Å²) in [7, 11) is 1.72. The fourth-order valence-electron chi connectivity index (χ4n) is 1.80. The van der Waals surface area contributed by atoms with E-state index in [1.54, 1.807) is 13.2 Å². The lowest BCUT2D eigenvalue weighted by Gasteiger charge is -2.30. The van der Waals surface area contributed by atoms with E-state index in [9.17, 15) is 5.11 Å². The van der Waals surface area contributed by atoms with Crippen molar-refractivity contribution in [1.82, 2.24) is 0 Å². The van der Waals surface area contributed by atoms with E-state index >= 15 is 0 Å². The number of aliphatic hydroxyl groups is 1. The molecular weight excluding hydrogens is 176 g/mol. The summed E-state index contributed by atoms with van der Waals surface area (Å²) in [4.78, 5) is 0. The average molecular weight is 200 g/mol. The Morgan fingerprint density at radius 2 is 2.00 bits per heavy atom. The topological polar surface area (TPSA) is 29.5 Å². The summed E-state index contributed by atoms with van der Waals surface area (Å²) in [6.07, 6.45) is 3.26. The van der Waals surface area contributed by atoms with E-state index in [1.165, 1.54) is 0 Å². The molecule has 0 aliphatic heterocycles. The molecule has 0 aromatic heterocycles. The highest BCUT2D eigenvalue weighted by Crippen LogP contribution is 2.23. The van der Waals surface area contributed by atoms with Gasteiger partial charge in [0.25, 0.3) is 0 Å². The third-order valence-corrected chi connectivity index (χ3v) is 3.01. The van der Waals surface area contributed by atoms with Gasteiger partial charge < -0.3 is 9.84 Å². The summed E-state index contributed by atoms with van der Waals surface area (Å²) in [6, 6.07) is 0. The highest BCUT2D eigenvalue weighted by molar-refractivity contribution is 4.82. The lowest BCUT2D eigenvalue weighted by molar-refractivity contribution is -0.0333. The van der Waals surface area contributed by atoms with Crippen molar-refractivity contribution in [3.05, 3.63) is 12.7 Å². The van der Waals surface area contributed by atoms with E-state index in [0.717, 1.165) is 6.42 Å². The molecule has 14 heavy (non-hydrogen) atoms. The molecule has 0 saturated heterocycles. The summed E-state index contributed by atoms with van der Waals surface area (Å²) in [5.74, 6) is 0.641. The predicted molar refractivity (Wildman–Crippen MR) is 60.2 cm³/mol. The largest absolute Gasteiger partial charge is 0.392 e. The van der Waals surface area contributed by atoms with Crippen LogP contribution < -0.4 is 0 Å². The maximum absolute atomic E-state index is 9.81. The molecule has 0 heterocycles. The van der Waals surface area contributed by atoms with Gasteiger partial charge >= 0.3 is 0 Å². The molecule has 0 rings (SSSR count). The van der Waals surface area contributed by atoms with Gasteiger partial charge in [0.1, 0.15) is 0 Å². The van der Waals surface area contributed by atoms with Gasteiger partial charge in [0.2, 0.25) is 0 Å². The molecule has 4 atom stereocenters. The van der Waals surface area contributed by atoms with Crippen LogP contribution in [0.3, 0.4) is 0 Å². The van der Waals surface area contributed by atoms with Gasteiger partial charge in [-0.25, -0.2) is 0 Å². The first kappa shape index (κ1) is 13.7. The maximum atomic E-state index is 9.81.